The van der Waals surface area contributed by atoms with Crippen LogP contribution >= 0.6 is 0 Å². The molecule has 1 aromatic rings. The predicted octanol–water partition coefficient (Wildman–Crippen LogP) is 2.04. The fraction of sp³-hybridized carbons (Fsp3) is 0.462. The normalized spacial score (nSPS) is 13.4. The lowest BCUT2D eigenvalue weighted by Gasteiger charge is -2.20. The monoisotopic (exact) mass is 280 g/mol. The number of carbonyl (C=O) groups is 1. The number of carbonyl (C=O) groups excluding carboxylic acids is 1. The van der Waals surface area contributed by atoms with E-state index in [9.17, 15) is 14.9 Å². The summed E-state index contributed by atoms with van der Waals surface area (Å²) in [5.41, 5.74) is 2.74. The molecule has 20 heavy (non-hydrogen) atoms. The third-order valence-corrected chi connectivity index (χ3v) is 3.47. The number of nitrogens with zero attached hydrogens (tertiary/aromatic N) is 1. The number of hydrogen-bond donors (Lipinski definition) is 3. The van der Waals surface area contributed by atoms with Gasteiger partial charge in [0.15, 0.2) is 0 Å². The zero-order valence-electron chi connectivity index (χ0n) is 11.8. The van der Waals surface area contributed by atoms with Crippen LogP contribution in [-0.4, -0.2) is 16.9 Å². The van der Waals surface area contributed by atoms with Crippen LogP contribution in [-0.2, 0) is 0 Å². The third kappa shape index (κ3) is 3.67. The molecule has 0 saturated heterocycles. The van der Waals surface area contributed by atoms with Crippen molar-refractivity contribution in [3.63, 3.8) is 0 Å². The molecule has 2 unspecified atom stereocenters. The van der Waals surface area contributed by atoms with Gasteiger partial charge in [0.05, 0.1) is 16.2 Å². The molecule has 4 N–H and O–H groups in total. The SMILES string of the molecule is CCC(C)C(C)NC(=O)c1cc([N+](=O)[O-])ccc1NN. The van der Waals surface area contributed by atoms with Crippen LogP contribution in [0.2, 0.25) is 0 Å². The number of nitro benzene ring substituents is 1. The first-order chi connectivity index (χ1) is 9.40. The lowest BCUT2D eigenvalue weighted by atomic mass is 10.0. The summed E-state index contributed by atoms with van der Waals surface area (Å²) in [5, 5.41) is 13.6. The van der Waals surface area contributed by atoms with Gasteiger partial charge in [-0.2, -0.15) is 0 Å². The summed E-state index contributed by atoms with van der Waals surface area (Å²) in [5.74, 6) is 5.26. The molecule has 0 aromatic heterocycles. The number of nitrogens with two attached hydrogens (primary N) is 1. The zero-order chi connectivity index (χ0) is 15.3. The van der Waals surface area contributed by atoms with Gasteiger partial charge in [0.2, 0.25) is 0 Å². The molecule has 0 spiro atoms. The van der Waals surface area contributed by atoms with Gasteiger partial charge >= 0.3 is 0 Å². The van der Waals surface area contributed by atoms with Gasteiger partial charge in [-0.25, -0.2) is 0 Å². The minimum Gasteiger partial charge on any atom is -0.349 e. The number of nitrogen functional groups attached to an aromatic ring is 1. The number of rotatable bonds is 6. The van der Waals surface area contributed by atoms with Gasteiger partial charge in [-0.15, -0.1) is 0 Å². The van der Waals surface area contributed by atoms with Crippen molar-refractivity contribution in [3.05, 3.63) is 33.9 Å². The van der Waals surface area contributed by atoms with Crippen LogP contribution < -0.4 is 16.6 Å². The Labute approximate surface area is 117 Å². The highest BCUT2D eigenvalue weighted by Gasteiger charge is 2.19. The van der Waals surface area contributed by atoms with Crippen molar-refractivity contribution in [2.24, 2.45) is 11.8 Å². The number of benzene rings is 1. The molecule has 0 aliphatic carbocycles. The predicted molar refractivity (Wildman–Crippen MR) is 77.3 cm³/mol. The molecule has 2 atom stereocenters. The lowest BCUT2D eigenvalue weighted by Crippen LogP contribution is -2.37. The number of hydrazine groups is 1. The topological polar surface area (TPSA) is 110 Å². The van der Waals surface area contributed by atoms with Crippen molar-refractivity contribution >= 4 is 17.3 Å². The number of hydrogen-bond acceptors (Lipinski definition) is 5. The highest BCUT2D eigenvalue weighted by atomic mass is 16.6. The average Bonchev–Trinajstić information content (AvgIpc) is 2.45. The van der Waals surface area contributed by atoms with E-state index in [1.165, 1.54) is 18.2 Å². The number of nitrogens with one attached hydrogen (secondary N) is 2. The Balaban J connectivity index is 3.01. The first-order valence-corrected chi connectivity index (χ1v) is 6.46. The quantitative estimate of drug-likeness (QED) is 0.419. The summed E-state index contributed by atoms with van der Waals surface area (Å²) >= 11 is 0. The number of nitro groups is 1. The summed E-state index contributed by atoms with van der Waals surface area (Å²) in [6.45, 7) is 5.97. The molecule has 7 nitrogen and oxygen atoms in total. The maximum atomic E-state index is 12.2. The Morgan fingerprint density at radius 2 is 2.10 bits per heavy atom. The van der Waals surface area contributed by atoms with E-state index in [1.807, 2.05) is 20.8 Å². The van der Waals surface area contributed by atoms with Crippen LogP contribution in [0.1, 0.15) is 37.6 Å². The molecular weight excluding hydrogens is 260 g/mol. The Hall–Kier alpha value is -2.15. The first kappa shape index (κ1) is 15.9. The number of non-ortho nitro benzene ring substituents is 1. The second-order valence-corrected chi connectivity index (χ2v) is 4.78. The maximum absolute atomic E-state index is 12.2. The van der Waals surface area contributed by atoms with E-state index < -0.39 is 4.92 Å². The van der Waals surface area contributed by atoms with E-state index in [4.69, 9.17) is 5.84 Å². The van der Waals surface area contributed by atoms with Crippen LogP contribution in [0.3, 0.4) is 0 Å². The average molecular weight is 280 g/mol. The smallest absolute Gasteiger partial charge is 0.270 e. The van der Waals surface area contributed by atoms with Crippen molar-refractivity contribution < 1.29 is 9.72 Å². The van der Waals surface area contributed by atoms with E-state index in [0.29, 0.717) is 11.6 Å². The van der Waals surface area contributed by atoms with Gasteiger partial charge in [-0.3, -0.25) is 20.8 Å². The van der Waals surface area contributed by atoms with Crippen LogP contribution in [0.4, 0.5) is 11.4 Å². The van der Waals surface area contributed by atoms with E-state index in [0.717, 1.165) is 6.42 Å². The largest absolute Gasteiger partial charge is 0.349 e. The second-order valence-electron chi connectivity index (χ2n) is 4.78. The van der Waals surface area contributed by atoms with Crippen molar-refractivity contribution in [1.82, 2.24) is 5.32 Å². The molecule has 1 aromatic carbocycles. The van der Waals surface area contributed by atoms with E-state index in [2.05, 4.69) is 10.7 Å². The molecule has 0 saturated carbocycles. The van der Waals surface area contributed by atoms with Crippen LogP contribution in [0.25, 0.3) is 0 Å². The molecule has 0 bridgehead atoms. The van der Waals surface area contributed by atoms with Gasteiger partial charge in [-0.05, 0) is 18.9 Å². The zero-order valence-corrected chi connectivity index (χ0v) is 11.8. The van der Waals surface area contributed by atoms with Crippen LogP contribution in [0.15, 0.2) is 18.2 Å². The lowest BCUT2D eigenvalue weighted by molar-refractivity contribution is -0.384. The Morgan fingerprint density at radius 3 is 2.60 bits per heavy atom. The Kier molecular flexibility index (Phi) is 5.45. The molecule has 0 fully saturated rings. The molecule has 0 radical (unpaired) electrons. The molecule has 0 aliphatic rings. The summed E-state index contributed by atoms with van der Waals surface area (Å²) in [6, 6.07) is 3.90. The van der Waals surface area contributed by atoms with E-state index in [-0.39, 0.29) is 23.2 Å². The maximum Gasteiger partial charge on any atom is 0.270 e. The molecular formula is C13H20N4O3. The molecule has 110 valence electrons. The first-order valence-electron chi connectivity index (χ1n) is 6.46. The van der Waals surface area contributed by atoms with Gasteiger partial charge < -0.3 is 10.7 Å². The van der Waals surface area contributed by atoms with Gasteiger partial charge in [0.25, 0.3) is 11.6 Å². The van der Waals surface area contributed by atoms with Crippen molar-refractivity contribution in [1.29, 1.82) is 0 Å². The van der Waals surface area contributed by atoms with Crippen molar-refractivity contribution in [2.75, 3.05) is 5.43 Å². The van der Waals surface area contributed by atoms with Gasteiger partial charge in [-0.1, -0.05) is 20.3 Å². The Morgan fingerprint density at radius 1 is 1.45 bits per heavy atom. The minimum atomic E-state index is -0.546. The highest BCUT2D eigenvalue weighted by Crippen LogP contribution is 2.22. The Bertz CT molecular complexity index is 504. The summed E-state index contributed by atoms with van der Waals surface area (Å²) < 4.78 is 0. The number of anilines is 1. The summed E-state index contributed by atoms with van der Waals surface area (Å²) in [7, 11) is 0. The van der Waals surface area contributed by atoms with Gasteiger partial charge in [0, 0.05) is 18.2 Å². The van der Waals surface area contributed by atoms with E-state index >= 15 is 0 Å². The van der Waals surface area contributed by atoms with Crippen molar-refractivity contribution in [2.45, 2.75) is 33.2 Å². The second kappa shape index (κ2) is 6.85. The molecule has 1 amide bonds. The molecule has 0 heterocycles. The molecule has 0 aliphatic heterocycles. The van der Waals surface area contributed by atoms with E-state index in [1.54, 1.807) is 0 Å². The number of amides is 1. The van der Waals surface area contributed by atoms with Crippen LogP contribution in [0, 0.1) is 16.0 Å². The summed E-state index contributed by atoms with van der Waals surface area (Å²) in [4.78, 5) is 22.4. The van der Waals surface area contributed by atoms with Crippen LogP contribution in [0.5, 0.6) is 0 Å². The fourth-order valence-corrected chi connectivity index (χ4v) is 1.74. The summed E-state index contributed by atoms with van der Waals surface area (Å²) in [6.07, 6.45) is 0.929. The molecule has 1 rings (SSSR count). The van der Waals surface area contributed by atoms with Crippen molar-refractivity contribution in [3.8, 4) is 0 Å². The highest BCUT2D eigenvalue weighted by molar-refractivity contribution is 6.00. The minimum absolute atomic E-state index is 0.0302. The third-order valence-electron chi connectivity index (χ3n) is 3.47. The fourth-order valence-electron chi connectivity index (χ4n) is 1.74. The molecule has 7 heteroatoms. The van der Waals surface area contributed by atoms with Gasteiger partial charge in [0.1, 0.15) is 0 Å². The standard InChI is InChI=1S/C13H20N4O3/c1-4-8(2)9(3)15-13(18)11-7-10(17(19)20)5-6-12(11)16-14/h5-9,16H,4,14H2,1-3H3,(H,15,18).